The number of ether oxygens (including phenoxy) is 1. The molecule has 1 saturated heterocycles. The highest BCUT2D eigenvalue weighted by Gasteiger charge is 2.49. The van der Waals surface area contributed by atoms with Crippen molar-refractivity contribution < 1.29 is 9.13 Å². The van der Waals surface area contributed by atoms with Gasteiger partial charge in [-0.1, -0.05) is 12.1 Å². The lowest BCUT2D eigenvalue weighted by Gasteiger charge is -2.38. The van der Waals surface area contributed by atoms with Crippen LogP contribution in [0.2, 0.25) is 0 Å². The van der Waals surface area contributed by atoms with Crippen molar-refractivity contribution in [2.75, 3.05) is 19.7 Å². The number of hydrogen-bond donors (Lipinski definition) is 1. The Labute approximate surface area is 123 Å². The number of rotatable bonds is 2. The quantitative estimate of drug-likeness (QED) is 0.903. The smallest absolute Gasteiger partial charge is 0.192 e. The molecule has 2 aliphatic heterocycles. The highest BCUT2D eigenvalue weighted by Crippen LogP contribution is 2.45. The van der Waals surface area contributed by atoms with Gasteiger partial charge in [0.25, 0.3) is 0 Å². The molecule has 2 atom stereocenters. The van der Waals surface area contributed by atoms with Crippen LogP contribution in [-0.2, 0) is 16.7 Å². The Morgan fingerprint density at radius 1 is 1.48 bits per heavy atom. The molecule has 0 bridgehead atoms. The van der Waals surface area contributed by atoms with Gasteiger partial charge >= 0.3 is 0 Å². The molecule has 4 rings (SSSR count). The fourth-order valence-electron chi connectivity index (χ4n) is 4.02. The van der Waals surface area contributed by atoms with E-state index in [0.29, 0.717) is 12.5 Å². The monoisotopic (exact) mass is 289 g/mol. The van der Waals surface area contributed by atoms with Gasteiger partial charge in [-0.05, 0) is 42.9 Å². The SMILES string of the molecule is NC1=NCC2(CCc3c(F)cccc32)N1CC1CCCO1. The Hall–Kier alpha value is -1.62. The molecule has 0 radical (unpaired) electrons. The molecule has 0 amide bonds. The van der Waals surface area contributed by atoms with Crippen molar-refractivity contribution in [3.05, 3.63) is 35.1 Å². The number of guanidine groups is 1. The van der Waals surface area contributed by atoms with Crippen LogP contribution in [0, 0.1) is 5.82 Å². The molecule has 1 spiro atoms. The molecule has 1 fully saturated rings. The molecule has 1 aliphatic carbocycles. The van der Waals surface area contributed by atoms with E-state index in [1.54, 1.807) is 12.1 Å². The zero-order valence-electron chi connectivity index (χ0n) is 12.0. The Balaban J connectivity index is 1.70. The predicted molar refractivity (Wildman–Crippen MR) is 78.6 cm³/mol. The summed E-state index contributed by atoms with van der Waals surface area (Å²) < 4.78 is 19.8. The second kappa shape index (κ2) is 4.70. The molecule has 2 N–H and O–H groups in total. The van der Waals surface area contributed by atoms with E-state index in [2.05, 4.69) is 9.89 Å². The summed E-state index contributed by atoms with van der Waals surface area (Å²) in [6.45, 7) is 2.21. The third-order valence-electron chi connectivity index (χ3n) is 5.11. The van der Waals surface area contributed by atoms with Crippen LogP contribution in [0.25, 0.3) is 0 Å². The van der Waals surface area contributed by atoms with Gasteiger partial charge < -0.3 is 15.4 Å². The number of hydrogen-bond acceptors (Lipinski definition) is 4. The minimum absolute atomic E-state index is 0.105. The number of halogens is 1. The first kappa shape index (κ1) is 13.1. The molecule has 1 aromatic carbocycles. The fraction of sp³-hybridized carbons (Fsp3) is 0.562. The summed E-state index contributed by atoms with van der Waals surface area (Å²) in [6, 6.07) is 5.36. The number of aliphatic imine (C=N–C) groups is 1. The van der Waals surface area contributed by atoms with Crippen LogP contribution in [0.3, 0.4) is 0 Å². The van der Waals surface area contributed by atoms with Crippen molar-refractivity contribution in [3.8, 4) is 0 Å². The first-order valence-corrected chi connectivity index (χ1v) is 7.68. The third-order valence-corrected chi connectivity index (χ3v) is 5.11. The van der Waals surface area contributed by atoms with E-state index in [-0.39, 0.29) is 17.5 Å². The van der Waals surface area contributed by atoms with Crippen LogP contribution in [0.15, 0.2) is 23.2 Å². The Morgan fingerprint density at radius 3 is 3.19 bits per heavy atom. The first-order valence-electron chi connectivity index (χ1n) is 7.68. The van der Waals surface area contributed by atoms with Crippen molar-refractivity contribution in [2.24, 2.45) is 10.7 Å². The average molecular weight is 289 g/mol. The topological polar surface area (TPSA) is 50.8 Å². The lowest BCUT2D eigenvalue weighted by molar-refractivity contribution is 0.0648. The molecule has 3 aliphatic rings. The van der Waals surface area contributed by atoms with Gasteiger partial charge in [0.1, 0.15) is 5.82 Å². The average Bonchev–Trinajstić information content (AvgIpc) is 3.17. The summed E-state index contributed by atoms with van der Waals surface area (Å²) >= 11 is 0. The Bertz CT molecular complexity index is 597. The highest BCUT2D eigenvalue weighted by molar-refractivity contribution is 5.81. The lowest BCUT2D eigenvalue weighted by Crippen LogP contribution is -2.51. The minimum Gasteiger partial charge on any atom is -0.376 e. The number of nitrogens with two attached hydrogens (primary N) is 1. The molecule has 112 valence electrons. The molecular formula is C16H20FN3O. The van der Waals surface area contributed by atoms with Crippen LogP contribution in [0.4, 0.5) is 4.39 Å². The maximum atomic E-state index is 14.0. The van der Waals surface area contributed by atoms with Gasteiger partial charge in [0, 0.05) is 13.2 Å². The van der Waals surface area contributed by atoms with E-state index in [4.69, 9.17) is 10.5 Å². The molecule has 0 saturated carbocycles. The summed E-state index contributed by atoms with van der Waals surface area (Å²) in [6.07, 6.45) is 4.02. The summed E-state index contributed by atoms with van der Waals surface area (Å²) in [7, 11) is 0. The molecule has 1 aromatic rings. The third kappa shape index (κ3) is 1.87. The summed E-state index contributed by atoms with van der Waals surface area (Å²) in [5.74, 6) is 0.467. The summed E-state index contributed by atoms with van der Waals surface area (Å²) in [5, 5.41) is 0. The molecule has 2 heterocycles. The van der Waals surface area contributed by atoms with E-state index in [0.717, 1.165) is 50.0 Å². The second-order valence-electron chi connectivity index (χ2n) is 6.22. The van der Waals surface area contributed by atoms with Gasteiger partial charge in [-0.2, -0.15) is 0 Å². The largest absolute Gasteiger partial charge is 0.376 e. The van der Waals surface area contributed by atoms with Crippen LogP contribution in [0.5, 0.6) is 0 Å². The van der Waals surface area contributed by atoms with Gasteiger partial charge in [0.05, 0.1) is 18.2 Å². The van der Waals surface area contributed by atoms with E-state index in [1.807, 2.05) is 6.07 Å². The Morgan fingerprint density at radius 2 is 2.38 bits per heavy atom. The molecule has 0 aromatic heterocycles. The van der Waals surface area contributed by atoms with E-state index in [9.17, 15) is 4.39 Å². The lowest BCUT2D eigenvalue weighted by atomic mass is 9.90. The van der Waals surface area contributed by atoms with Crippen molar-refractivity contribution in [2.45, 2.75) is 37.3 Å². The Kier molecular flexibility index (Phi) is 2.92. The fourth-order valence-corrected chi connectivity index (χ4v) is 4.02. The zero-order valence-corrected chi connectivity index (χ0v) is 12.0. The number of nitrogens with zero attached hydrogens (tertiary/aromatic N) is 2. The zero-order chi connectivity index (χ0) is 14.4. The van der Waals surface area contributed by atoms with Gasteiger partial charge in [0.15, 0.2) is 5.96 Å². The highest BCUT2D eigenvalue weighted by atomic mass is 19.1. The van der Waals surface area contributed by atoms with Crippen LogP contribution in [0.1, 0.15) is 30.4 Å². The number of benzene rings is 1. The van der Waals surface area contributed by atoms with Crippen LogP contribution >= 0.6 is 0 Å². The molecule has 21 heavy (non-hydrogen) atoms. The summed E-state index contributed by atoms with van der Waals surface area (Å²) in [4.78, 5) is 6.63. The van der Waals surface area contributed by atoms with Crippen LogP contribution < -0.4 is 5.73 Å². The van der Waals surface area contributed by atoms with Gasteiger partial charge in [0.2, 0.25) is 0 Å². The molecule has 4 nitrogen and oxygen atoms in total. The normalized spacial score (nSPS) is 31.0. The summed E-state index contributed by atoms with van der Waals surface area (Å²) in [5.41, 5.74) is 7.77. The molecular weight excluding hydrogens is 269 g/mol. The van der Waals surface area contributed by atoms with Crippen molar-refractivity contribution in [1.29, 1.82) is 0 Å². The standard InChI is InChI=1S/C16H20FN3O/c17-14-5-1-4-13-12(14)6-7-16(13)10-19-15(18)20(16)9-11-3-2-8-21-11/h1,4-5,11H,2-3,6-10H2,(H2,18,19). The van der Waals surface area contributed by atoms with Crippen molar-refractivity contribution in [1.82, 2.24) is 4.90 Å². The van der Waals surface area contributed by atoms with Crippen molar-refractivity contribution >= 4 is 5.96 Å². The molecule has 5 heteroatoms. The maximum absolute atomic E-state index is 14.0. The predicted octanol–water partition coefficient (Wildman–Crippen LogP) is 1.78. The minimum atomic E-state index is -0.256. The van der Waals surface area contributed by atoms with Crippen molar-refractivity contribution in [3.63, 3.8) is 0 Å². The van der Waals surface area contributed by atoms with Gasteiger partial charge in [-0.15, -0.1) is 0 Å². The van der Waals surface area contributed by atoms with Gasteiger partial charge in [-0.3, -0.25) is 4.99 Å². The van der Waals surface area contributed by atoms with Crippen LogP contribution in [-0.4, -0.2) is 36.7 Å². The van der Waals surface area contributed by atoms with Gasteiger partial charge in [-0.25, -0.2) is 4.39 Å². The molecule has 2 unspecified atom stereocenters. The first-order chi connectivity index (χ1) is 10.2. The van der Waals surface area contributed by atoms with E-state index >= 15 is 0 Å². The number of fused-ring (bicyclic) bond motifs is 2. The van der Waals surface area contributed by atoms with E-state index in [1.165, 1.54) is 0 Å². The second-order valence-corrected chi connectivity index (χ2v) is 6.22. The maximum Gasteiger partial charge on any atom is 0.192 e. The van der Waals surface area contributed by atoms with E-state index < -0.39 is 0 Å².